The van der Waals surface area contributed by atoms with Crippen molar-refractivity contribution in [3.05, 3.63) is 48.2 Å². The monoisotopic (exact) mass is 345 g/mol. The SMILES string of the molecule is O=C(C=Cc1cccc2cccnc12)NCCN1CCCS1(=O)=O. The zero-order valence-electron chi connectivity index (χ0n) is 13.2. The summed E-state index contributed by atoms with van der Waals surface area (Å²) in [5.41, 5.74) is 1.71. The normalized spacial score (nSPS) is 17.5. The van der Waals surface area contributed by atoms with Crippen LogP contribution in [0.25, 0.3) is 17.0 Å². The number of sulfonamides is 1. The topological polar surface area (TPSA) is 79.4 Å². The number of fused-ring (bicyclic) bond motifs is 1. The molecular formula is C17H19N3O3S. The maximum Gasteiger partial charge on any atom is 0.244 e. The maximum atomic E-state index is 11.9. The maximum absolute atomic E-state index is 11.9. The molecule has 7 heteroatoms. The molecule has 1 amide bonds. The third-order valence-electron chi connectivity index (χ3n) is 3.94. The number of pyridine rings is 1. The Labute approximate surface area is 141 Å². The first-order valence-electron chi connectivity index (χ1n) is 7.84. The number of carbonyl (C=O) groups is 1. The Hall–Kier alpha value is -2.25. The van der Waals surface area contributed by atoms with E-state index < -0.39 is 10.0 Å². The number of hydrogen-bond donors (Lipinski definition) is 1. The summed E-state index contributed by atoms with van der Waals surface area (Å²) in [5, 5.41) is 3.73. The van der Waals surface area contributed by atoms with Gasteiger partial charge in [0.05, 0.1) is 11.3 Å². The molecule has 1 N–H and O–H groups in total. The van der Waals surface area contributed by atoms with Gasteiger partial charge in [0.25, 0.3) is 0 Å². The van der Waals surface area contributed by atoms with Crippen LogP contribution in [0.4, 0.5) is 0 Å². The molecule has 0 spiro atoms. The summed E-state index contributed by atoms with van der Waals surface area (Å²) >= 11 is 0. The van der Waals surface area contributed by atoms with Gasteiger partial charge in [-0.25, -0.2) is 12.7 Å². The minimum atomic E-state index is -3.11. The lowest BCUT2D eigenvalue weighted by Crippen LogP contribution is -2.35. The standard InChI is InChI=1S/C17H19N3O3S/c21-16(18-10-12-20-11-3-13-24(20,22)23)8-7-15-5-1-4-14-6-2-9-19-17(14)15/h1-2,4-9H,3,10-13H2,(H,18,21). The molecule has 126 valence electrons. The minimum Gasteiger partial charge on any atom is -0.351 e. The highest BCUT2D eigenvalue weighted by Crippen LogP contribution is 2.17. The number of nitrogens with one attached hydrogen (secondary N) is 1. The number of para-hydroxylation sites is 1. The summed E-state index contributed by atoms with van der Waals surface area (Å²) in [4.78, 5) is 16.2. The fraction of sp³-hybridized carbons (Fsp3) is 0.294. The number of rotatable bonds is 5. The Kier molecular flexibility index (Phi) is 4.92. The van der Waals surface area contributed by atoms with Crippen molar-refractivity contribution in [1.82, 2.24) is 14.6 Å². The first kappa shape index (κ1) is 16.6. The summed E-state index contributed by atoms with van der Waals surface area (Å²) in [6.07, 6.45) is 5.54. The number of aromatic nitrogens is 1. The second-order valence-electron chi connectivity index (χ2n) is 5.62. The van der Waals surface area contributed by atoms with E-state index in [0.717, 1.165) is 16.5 Å². The van der Waals surface area contributed by atoms with Crippen LogP contribution >= 0.6 is 0 Å². The van der Waals surface area contributed by atoms with Gasteiger partial charge >= 0.3 is 0 Å². The molecule has 0 atom stereocenters. The third-order valence-corrected chi connectivity index (χ3v) is 5.90. The molecule has 3 rings (SSSR count). The largest absolute Gasteiger partial charge is 0.351 e. The van der Waals surface area contributed by atoms with Gasteiger partial charge in [0.1, 0.15) is 0 Å². The minimum absolute atomic E-state index is 0.203. The molecule has 2 heterocycles. The number of nitrogens with zero attached hydrogens (tertiary/aromatic N) is 2. The summed E-state index contributed by atoms with van der Waals surface area (Å²) in [5.74, 6) is -0.0471. The number of amides is 1. The first-order chi connectivity index (χ1) is 11.6. The highest BCUT2D eigenvalue weighted by Gasteiger charge is 2.27. The molecule has 24 heavy (non-hydrogen) atoms. The molecule has 0 radical (unpaired) electrons. The Bertz CT molecular complexity index is 872. The van der Waals surface area contributed by atoms with E-state index in [9.17, 15) is 13.2 Å². The predicted molar refractivity (Wildman–Crippen MR) is 93.8 cm³/mol. The molecule has 0 bridgehead atoms. The van der Waals surface area contributed by atoms with Gasteiger partial charge in [0.2, 0.25) is 15.9 Å². The highest BCUT2D eigenvalue weighted by molar-refractivity contribution is 7.89. The fourth-order valence-corrected chi connectivity index (χ4v) is 4.26. The van der Waals surface area contributed by atoms with Crippen molar-refractivity contribution in [3.8, 4) is 0 Å². The van der Waals surface area contributed by atoms with Gasteiger partial charge in [-0.05, 0) is 18.6 Å². The van der Waals surface area contributed by atoms with Crippen LogP contribution in [0, 0.1) is 0 Å². The summed E-state index contributed by atoms with van der Waals surface area (Å²) in [7, 11) is -3.11. The lowest BCUT2D eigenvalue weighted by molar-refractivity contribution is -0.116. The lowest BCUT2D eigenvalue weighted by atomic mass is 10.1. The zero-order chi connectivity index (χ0) is 17.0. The van der Waals surface area contributed by atoms with E-state index in [1.807, 2.05) is 30.3 Å². The quantitative estimate of drug-likeness (QED) is 0.831. The van der Waals surface area contributed by atoms with Crippen LogP contribution in [0.2, 0.25) is 0 Å². The van der Waals surface area contributed by atoms with Gasteiger partial charge in [0, 0.05) is 42.9 Å². The van der Waals surface area contributed by atoms with Crippen LogP contribution in [-0.4, -0.2) is 49.0 Å². The fourth-order valence-electron chi connectivity index (χ4n) is 2.73. The van der Waals surface area contributed by atoms with Gasteiger partial charge < -0.3 is 5.32 Å². The number of hydrogen-bond acceptors (Lipinski definition) is 4. The summed E-state index contributed by atoms with van der Waals surface area (Å²) in [6, 6.07) is 9.62. The van der Waals surface area contributed by atoms with E-state index >= 15 is 0 Å². The van der Waals surface area contributed by atoms with E-state index in [4.69, 9.17) is 0 Å². The second kappa shape index (κ2) is 7.11. The average Bonchev–Trinajstić information content (AvgIpc) is 2.91. The third kappa shape index (κ3) is 3.80. The summed E-state index contributed by atoms with van der Waals surface area (Å²) < 4.78 is 24.8. The molecule has 1 aliphatic rings. The average molecular weight is 345 g/mol. The molecule has 6 nitrogen and oxygen atoms in total. The van der Waals surface area contributed by atoms with E-state index in [-0.39, 0.29) is 11.7 Å². The van der Waals surface area contributed by atoms with Crippen molar-refractivity contribution < 1.29 is 13.2 Å². The Morgan fingerprint density at radius 2 is 2.12 bits per heavy atom. The van der Waals surface area contributed by atoms with E-state index in [2.05, 4.69) is 10.3 Å². The van der Waals surface area contributed by atoms with Crippen LogP contribution in [0.5, 0.6) is 0 Å². The van der Waals surface area contributed by atoms with Crippen molar-refractivity contribution in [2.75, 3.05) is 25.4 Å². The molecule has 1 aromatic heterocycles. The first-order valence-corrected chi connectivity index (χ1v) is 9.45. The smallest absolute Gasteiger partial charge is 0.244 e. The van der Waals surface area contributed by atoms with Gasteiger partial charge in [-0.1, -0.05) is 24.3 Å². The Morgan fingerprint density at radius 1 is 1.29 bits per heavy atom. The van der Waals surface area contributed by atoms with Gasteiger partial charge in [-0.2, -0.15) is 0 Å². The van der Waals surface area contributed by atoms with Crippen LogP contribution in [0.1, 0.15) is 12.0 Å². The van der Waals surface area contributed by atoms with Crippen molar-refractivity contribution in [1.29, 1.82) is 0 Å². The van der Waals surface area contributed by atoms with Gasteiger partial charge in [0.15, 0.2) is 0 Å². The van der Waals surface area contributed by atoms with Gasteiger partial charge in [-0.15, -0.1) is 0 Å². The molecule has 1 aliphatic heterocycles. The van der Waals surface area contributed by atoms with Crippen LogP contribution in [-0.2, 0) is 14.8 Å². The van der Waals surface area contributed by atoms with Crippen LogP contribution < -0.4 is 5.32 Å². The van der Waals surface area contributed by atoms with Crippen LogP contribution in [0.3, 0.4) is 0 Å². The van der Waals surface area contributed by atoms with Crippen molar-refractivity contribution in [2.24, 2.45) is 0 Å². The highest BCUT2D eigenvalue weighted by atomic mass is 32.2. The zero-order valence-corrected chi connectivity index (χ0v) is 14.0. The van der Waals surface area contributed by atoms with E-state index in [1.54, 1.807) is 12.3 Å². The Morgan fingerprint density at radius 3 is 2.92 bits per heavy atom. The molecule has 0 unspecified atom stereocenters. The molecule has 1 aromatic carbocycles. The van der Waals surface area contributed by atoms with E-state index in [0.29, 0.717) is 26.1 Å². The Balaban J connectivity index is 1.57. The number of benzene rings is 1. The van der Waals surface area contributed by atoms with Crippen molar-refractivity contribution >= 4 is 32.9 Å². The van der Waals surface area contributed by atoms with Crippen molar-refractivity contribution in [2.45, 2.75) is 6.42 Å². The van der Waals surface area contributed by atoms with Gasteiger partial charge in [-0.3, -0.25) is 9.78 Å². The van der Waals surface area contributed by atoms with Crippen molar-refractivity contribution in [3.63, 3.8) is 0 Å². The molecule has 1 fully saturated rings. The predicted octanol–water partition coefficient (Wildman–Crippen LogP) is 1.40. The molecule has 1 saturated heterocycles. The molecule has 2 aromatic rings. The van der Waals surface area contributed by atoms with E-state index in [1.165, 1.54) is 10.4 Å². The molecular weight excluding hydrogens is 326 g/mol. The molecule has 0 aliphatic carbocycles. The van der Waals surface area contributed by atoms with Crippen LogP contribution in [0.15, 0.2) is 42.6 Å². The lowest BCUT2D eigenvalue weighted by Gasteiger charge is -2.13. The number of carbonyl (C=O) groups excluding carboxylic acids is 1. The second-order valence-corrected chi connectivity index (χ2v) is 7.70. The molecule has 0 saturated carbocycles. The summed E-state index contributed by atoms with van der Waals surface area (Å²) in [6.45, 7) is 1.16.